The number of fused-ring (bicyclic) bond motifs is 2. The number of hydrogen-bond acceptors (Lipinski definition) is 3. The lowest BCUT2D eigenvalue weighted by Gasteiger charge is -2.32. The van der Waals surface area contributed by atoms with Crippen molar-refractivity contribution >= 4 is 45.4 Å². The van der Waals surface area contributed by atoms with E-state index in [2.05, 4.69) is 119 Å². The minimum absolute atomic E-state index is 0.424. The molecule has 0 atom stereocenters. The van der Waals surface area contributed by atoms with Crippen LogP contribution in [0.1, 0.15) is 64.9 Å². The van der Waals surface area contributed by atoms with Gasteiger partial charge in [0.05, 0.1) is 16.9 Å². The summed E-state index contributed by atoms with van der Waals surface area (Å²) in [7, 11) is -0.465. The standard InChI is InChI=1S/C33H35BN2O2/c1-7-21-17-19-27(35-21)30(28-20-18-22(8-2)36-28)29-23-13-9-11-15-25(23)31(26-16-12-10-14-24(26)29)34-37-32(3,4)33(5,6)38-34/h9-20,35H,7-8H2,1-6H3/b30-28-. The van der Waals surface area contributed by atoms with E-state index in [0.29, 0.717) is 0 Å². The molecular weight excluding hydrogens is 467 g/mol. The number of H-pyrrole nitrogens is 1. The average Bonchev–Trinajstić information content (AvgIpc) is 3.62. The van der Waals surface area contributed by atoms with Crippen LogP contribution in [0.3, 0.4) is 0 Å². The quantitative estimate of drug-likeness (QED) is 0.229. The van der Waals surface area contributed by atoms with Crippen molar-refractivity contribution in [1.29, 1.82) is 0 Å². The monoisotopic (exact) mass is 502 g/mol. The Morgan fingerprint density at radius 2 is 1.34 bits per heavy atom. The van der Waals surface area contributed by atoms with E-state index in [9.17, 15) is 0 Å². The van der Waals surface area contributed by atoms with E-state index in [0.717, 1.165) is 51.8 Å². The van der Waals surface area contributed by atoms with Gasteiger partial charge >= 0.3 is 7.12 Å². The number of aliphatic imine (C=N–C) groups is 1. The minimum Gasteiger partial charge on any atom is -0.399 e. The number of aryl methyl sites for hydroxylation is 1. The van der Waals surface area contributed by atoms with Gasteiger partial charge in [-0.15, -0.1) is 0 Å². The fourth-order valence-electron chi connectivity index (χ4n) is 5.58. The molecule has 0 amide bonds. The molecule has 0 saturated carbocycles. The van der Waals surface area contributed by atoms with Gasteiger partial charge in [-0.3, -0.25) is 4.99 Å². The molecule has 0 aliphatic carbocycles. The van der Waals surface area contributed by atoms with Crippen molar-refractivity contribution in [1.82, 2.24) is 4.98 Å². The first-order chi connectivity index (χ1) is 18.2. The van der Waals surface area contributed by atoms with Crippen LogP contribution >= 0.6 is 0 Å². The Kier molecular flexibility index (Phi) is 5.97. The summed E-state index contributed by atoms with van der Waals surface area (Å²) in [6.07, 6.45) is 6.15. The SMILES string of the molecule is CCC1=N/C(=C(/c2ccc(CC)[nH]2)c2c3ccccc3c(B3OC(C)(C)C(C)(C)O3)c3ccccc23)C=C1. The normalized spacial score (nSPS) is 19.5. The average molecular weight is 502 g/mol. The number of aromatic amines is 1. The molecule has 4 nitrogen and oxygen atoms in total. The third-order valence-corrected chi connectivity index (χ3v) is 8.42. The molecule has 0 radical (unpaired) electrons. The predicted octanol–water partition coefficient (Wildman–Crippen LogP) is 7.36. The first kappa shape index (κ1) is 24.9. The maximum Gasteiger partial charge on any atom is 0.496 e. The molecule has 4 aromatic rings. The van der Waals surface area contributed by atoms with Crippen molar-refractivity contribution in [2.75, 3.05) is 0 Å². The predicted molar refractivity (Wildman–Crippen MR) is 160 cm³/mol. The zero-order chi connectivity index (χ0) is 26.7. The molecule has 1 N–H and O–H groups in total. The highest BCUT2D eigenvalue weighted by Crippen LogP contribution is 2.42. The molecular formula is C33H35BN2O2. The number of nitrogens with one attached hydrogen (secondary N) is 1. The number of allylic oxidation sites excluding steroid dienone is 2. The Morgan fingerprint density at radius 3 is 1.84 bits per heavy atom. The Morgan fingerprint density at radius 1 is 0.763 bits per heavy atom. The number of benzene rings is 3. The van der Waals surface area contributed by atoms with Crippen molar-refractivity contribution in [2.45, 2.75) is 65.6 Å². The second-order valence-electron chi connectivity index (χ2n) is 11.3. The summed E-state index contributed by atoms with van der Waals surface area (Å²) in [6.45, 7) is 12.8. The molecule has 1 aromatic heterocycles. The summed E-state index contributed by atoms with van der Waals surface area (Å²) < 4.78 is 13.2. The third kappa shape index (κ3) is 3.88. The molecule has 0 spiro atoms. The van der Waals surface area contributed by atoms with E-state index < -0.39 is 18.3 Å². The molecule has 0 unspecified atom stereocenters. The van der Waals surface area contributed by atoms with Gasteiger partial charge in [-0.2, -0.15) is 0 Å². The third-order valence-electron chi connectivity index (χ3n) is 8.42. The number of hydrogen-bond donors (Lipinski definition) is 1. The molecule has 3 heterocycles. The zero-order valence-corrected chi connectivity index (χ0v) is 23.2. The molecule has 2 aliphatic rings. The second kappa shape index (κ2) is 9.11. The van der Waals surface area contributed by atoms with Gasteiger partial charge in [0.2, 0.25) is 0 Å². The van der Waals surface area contributed by atoms with E-state index in [4.69, 9.17) is 14.3 Å². The van der Waals surface area contributed by atoms with Crippen LogP contribution in [-0.4, -0.2) is 29.0 Å². The number of nitrogens with zero attached hydrogens (tertiary/aromatic N) is 1. The molecule has 3 aromatic carbocycles. The van der Waals surface area contributed by atoms with Crippen LogP contribution in [0.4, 0.5) is 0 Å². The molecule has 5 heteroatoms. The second-order valence-corrected chi connectivity index (χ2v) is 11.3. The van der Waals surface area contributed by atoms with Gasteiger partial charge in [0.15, 0.2) is 0 Å². The summed E-state index contributed by atoms with van der Waals surface area (Å²) in [5.74, 6) is 0. The number of aromatic nitrogens is 1. The molecule has 0 bridgehead atoms. The van der Waals surface area contributed by atoms with Gasteiger partial charge in [-0.1, -0.05) is 62.4 Å². The van der Waals surface area contributed by atoms with Crippen LogP contribution in [-0.2, 0) is 15.7 Å². The number of rotatable bonds is 5. The summed E-state index contributed by atoms with van der Waals surface area (Å²) in [5.41, 5.74) is 6.93. The molecule has 192 valence electrons. The van der Waals surface area contributed by atoms with Crippen LogP contribution in [0.25, 0.3) is 27.1 Å². The van der Waals surface area contributed by atoms with Crippen molar-refractivity contribution in [3.05, 3.63) is 95.5 Å². The summed E-state index contributed by atoms with van der Waals surface area (Å²) in [6, 6.07) is 21.7. The maximum absolute atomic E-state index is 6.62. The highest BCUT2D eigenvalue weighted by molar-refractivity contribution is 6.68. The van der Waals surface area contributed by atoms with E-state index in [1.54, 1.807) is 0 Å². The summed E-state index contributed by atoms with van der Waals surface area (Å²) >= 11 is 0. The van der Waals surface area contributed by atoms with Crippen LogP contribution < -0.4 is 5.46 Å². The van der Waals surface area contributed by atoms with Gasteiger partial charge in [-0.25, -0.2) is 0 Å². The van der Waals surface area contributed by atoms with Crippen LogP contribution in [0.15, 0.2) is 83.5 Å². The molecule has 2 aliphatic heterocycles. The van der Waals surface area contributed by atoms with E-state index in [-0.39, 0.29) is 0 Å². The minimum atomic E-state index is -0.465. The molecule has 38 heavy (non-hydrogen) atoms. The molecule has 1 fully saturated rings. The maximum atomic E-state index is 6.62. The van der Waals surface area contributed by atoms with Crippen LogP contribution in [0.5, 0.6) is 0 Å². The lowest BCUT2D eigenvalue weighted by molar-refractivity contribution is 0.00578. The fourth-order valence-corrected chi connectivity index (χ4v) is 5.58. The molecule has 6 rings (SSSR count). The van der Waals surface area contributed by atoms with Gasteiger partial charge < -0.3 is 14.3 Å². The highest BCUT2D eigenvalue weighted by atomic mass is 16.7. The van der Waals surface area contributed by atoms with Crippen molar-refractivity contribution in [2.24, 2.45) is 4.99 Å². The van der Waals surface area contributed by atoms with Crippen LogP contribution in [0, 0.1) is 0 Å². The van der Waals surface area contributed by atoms with Crippen molar-refractivity contribution in [3.63, 3.8) is 0 Å². The van der Waals surface area contributed by atoms with E-state index in [1.165, 1.54) is 22.0 Å². The lowest BCUT2D eigenvalue weighted by Crippen LogP contribution is -2.41. The summed E-state index contributed by atoms with van der Waals surface area (Å²) in [5, 5.41) is 4.61. The topological polar surface area (TPSA) is 46.6 Å². The molecule has 1 saturated heterocycles. The largest absolute Gasteiger partial charge is 0.496 e. The van der Waals surface area contributed by atoms with Gasteiger partial charge in [0, 0.05) is 28.2 Å². The highest BCUT2D eigenvalue weighted by Gasteiger charge is 2.52. The first-order valence-electron chi connectivity index (χ1n) is 13.7. The first-order valence-corrected chi connectivity index (χ1v) is 13.7. The smallest absolute Gasteiger partial charge is 0.399 e. The van der Waals surface area contributed by atoms with Gasteiger partial charge in [0.25, 0.3) is 0 Å². The Labute approximate surface area is 225 Å². The van der Waals surface area contributed by atoms with Gasteiger partial charge in [-0.05, 0) is 91.8 Å². The van der Waals surface area contributed by atoms with E-state index >= 15 is 0 Å². The Hall–Kier alpha value is -3.41. The van der Waals surface area contributed by atoms with Crippen molar-refractivity contribution < 1.29 is 9.31 Å². The van der Waals surface area contributed by atoms with Gasteiger partial charge in [0.1, 0.15) is 0 Å². The van der Waals surface area contributed by atoms with Crippen LogP contribution in [0.2, 0.25) is 0 Å². The van der Waals surface area contributed by atoms with Crippen molar-refractivity contribution in [3.8, 4) is 0 Å². The fraction of sp³-hybridized carbons (Fsp3) is 0.303. The Bertz CT molecular complexity index is 1580. The lowest BCUT2D eigenvalue weighted by atomic mass is 9.71. The van der Waals surface area contributed by atoms with E-state index in [1.807, 2.05) is 0 Å². The summed E-state index contributed by atoms with van der Waals surface area (Å²) in [4.78, 5) is 8.74. The Balaban J connectivity index is 1.71. The zero-order valence-electron chi connectivity index (χ0n) is 23.2.